The Balaban J connectivity index is 1.24. The Hall–Kier alpha value is -2.94. The summed E-state index contributed by atoms with van der Waals surface area (Å²) in [6.45, 7) is 1.09. The zero-order chi connectivity index (χ0) is 21.0. The quantitative estimate of drug-likeness (QED) is 0.579. The van der Waals surface area contributed by atoms with Crippen LogP contribution in [0.15, 0.2) is 18.2 Å². The van der Waals surface area contributed by atoms with Crippen molar-refractivity contribution in [3.63, 3.8) is 0 Å². The Morgan fingerprint density at radius 1 is 1.20 bits per heavy atom. The standard InChI is InChI=1S/C21H24N4O5/c26-17-7-6-16(19(28)23-17)25-9-14-13(20(25)29)2-1-3-15(14)22-8-18(27)24-10-21(30,11-24)12-4-5-12/h1-3,12,16,22,30H,4-11H2,(H,23,26,28). The Labute approximate surface area is 173 Å². The van der Waals surface area contributed by atoms with Crippen molar-refractivity contribution in [2.45, 2.75) is 43.9 Å². The van der Waals surface area contributed by atoms with Crippen molar-refractivity contribution in [3.05, 3.63) is 29.3 Å². The highest BCUT2D eigenvalue weighted by molar-refractivity contribution is 6.06. The Morgan fingerprint density at radius 3 is 2.67 bits per heavy atom. The smallest absolute Gasteiger partial charge is 0.255 e. The predicted octanol–water partition coefficient (Wildman–Crippen LogP) is -0.157. The number of piperidine rings is 1. The van der Waals surface area contributed by atoms with Crippen molar-refractivity contribution >= 4 is 29.3 Å². The van der Waals surface area contributed by atoms with Gasteiger partial charge in [0.05, 0.1) is 19.6 Å². The number of amides is 4. The van der Waals surface area contributed by atoms with Gasteiger partial charge in [-0.05, 0) is 37.3 Å². The lowest BCUT2D eigenvalue weighted by Gasteiger charge is -2.47. The van der Waals surface area contributed by atoms with E-state index < -0.39 is 17.6 Å². The van der Waals surface area contributed by atoms with E-state index in [-0.39, 0.29) is 37.2 Å². The molecule has 5 rings (SSSR count). The average Bonchev–Trinajstić information content (AvgIpc) is 3.49. The second-order valence-corrected chi connectivity index (χ2v) is 8.71. The van der Waals surface area contributed by atoms with Crippen LogP contribution < -0.4 is 10.6 Å². The van der Waals surface area contributed by atoms with Gasteiger partial charge in [0.15, 0.2) is 0 Å². The summed E-state index contributed by atoms with van der Waals surface area (Å²) in [6, 6.07) is 4.59. The van der Waals surface area contributed by atoms with E-state index in [4.69, 9.17) is 0 Å². The number of β-amino-alcohol motifs (C(OH)–C–C–N with tert-alkyl or cyclic N) is 1. The molecule has 1 unspecified atom stereocenters. The molecule has 0 aromatic heterocycles. The third-order valence-corrected chi connectivity index (χ3v) is 6.63. The first-order valence-corrected chi connectivity index (χ1v) is 10.4. The molecule has 1 aliphatic carbocycles. The molecule has 0 radical (unpaired) electrons. The van der Waals surface area contributed by atoms with Crippen molar-refractivity contribution in [2.24, 2.45) is 5.92 Å². The van der Waals surface area contributed by atoms with Gasteiger partial charge in [-0.1, -0.05) is 6.07 Å². The van der Waals surface area contributed by atoms with E-state index >= 15 is 0 Å². The number of aliphatic hydroxyl groups is 1. The van der Waals surface area contributed by atoms with Crippen molar-refractivity contribution in [2.75, 3.05) is 25.0 Å². The Morgan fingerprint density at radius 2 is 1.97 bits per heavy atom. The first kappa shape index (κ1) is 19.0. The van der Waals surface area contributed by atoms with E-state index in [1.54, 1.807) is 17.0 Å². The molecule has 30 heavy (non-hydrogen) atoms. The largest absolute Gasteiger partial charge is 0.386 e. The number of benzene rings is 1. The summed E-state index contributed by atoms with van der Waals surface area (Å²) in [5.41, 5.74) is 1.22. The molecule has 2 saturated heterocycles. The molecule has 4 aliphatic rings. The molecule has 158 valence electrons. The molecule has 3 aliphatic heterocycles. The zero-order valence-electron chi connectivity index (χ0n) is 16.5. The number of hydrogen-bond acceptors (Lipinski definition) is 6. The SMILES string of the molecule is O=C1CCC(N2Cc3c(NCC(=O)N4CC(O)(C5CC5)C4)cccc3C2=O)C(=O)N1. The minimum absolute atomic E-state index is 0.0732. The van der Waals surface area contributed by atoms with Crippen molar-refractivity contribution in [1.29, 1.82) is 0 Å². The third-order valence-electron chi connectivity index (χ3n) is 6.63. The second kappa shape index (κ2) is 6.80. The van der Waals surface area contributed by atoms with Crippen LogP contribution >= 0.6 is 0 Å². The topological polar surface area (TPSA) is 119 Å². The number of anilines is 1. The van der Waals surface area contributed by atoms with Crippen molar-refractivity contribution in [1.82, 2.24) is 15.1 Å². The number of nitrogens with zero attached hydrogens (tertiary/aromatic N) is 2. The van der Waals surface area contributed by atoms with Crippen molar-refractivity contribution in [3.8, 4) is 0 Å². The van der Waals surface area contributed by atoms with Crippen LogP contribution in [-0.4, -0.2) is 69.8 Å². The van der Waals surface area contributed by atoms with Gasteiger partial charge in [-0.15, -0.1) is 0 Å². The fourth-order valence-electron chi connectivity index (χ4n) is 4.70. The van der Waals surface area contributed by atoms with Gasteiger partial charge in [0.25, 0.3) is 5.91 Å². The highest BCUT2D eigenvalue weighted by Crippen LogP contribution is 2.44. The number of carbonyl (C=O) groups is 4. The van der Waals surface area contributed by atoms with E-state index in [1.165, 1.54) is 4.90 Å². The molecule has 4 amide bonds. The number of likely N-dealkylation sites (tertiary alicyclic amines) is 1. The van der Waals surface area contributed by atoms with Crippen molar-refractivity contribution < 1.29 is 24.3 Å². The van der Waals surface area contributed by atoms with Gasteiger partial charge >= 0.3 is 0 Å². The van der Waals surface area contributed by atoms with Crippen LogP contribution in [0.1, 0.15) is 41.6 Å². The minimum Gasteiger partial charge on any atom is -0.386 e. The molecule has 1 aromatic rings. The van der Waals surface area contributed by atoms with E-state index in [0.29, 0.717) is 36.7 Å². The van der Waals surface area contributed by atoms with Crippen LogP contribution in [-0.2, 0) is 20.9 Å². The van der Waals surface area contributed by atoms with Gasteiger partial charge in [-0.2, -0.15) is 0 Å². The van der Waals surface area contributed by atoms with Crippen LogP contribution in [0.2, 0.25) is 0 Å². The maximum atomic E-state index is 12.8. The molecule has 3 N–H and O–H groups in total. The molecule has 1 atom stereocenters. The van der Waals surface area contributed by atoms with Gasteiger partial charge in [0.1, 0.15) is 11.6 Å². The highest BCUT2D eigenvalue weighted by Gasteiger charge is 2.53. The van der Waals surface area contributed by atoms with E-state index in [0.717, 1.165) is 18.4 Å². The van der Waals surface area contributed by atoms with Crippen LogP contribution in [0, 0.1) is 5.92 Å². The fourth-order valence-corrected chi connectivity index (χ4v) is 4.70. The zero-order valence-corrected chi connectivity index (χ0v) is 16.5. The van der Waals surface area contributed by atoms with Crippen LogP contribution in [0.25, 0.3) is 0 Å². The van der Waals surface area contributed by atoms with Crippen LogP contribution in [0.4, 0.5) is 5.69 Å². The number of imide groups is 1. The summed E-state index contributed by atoms with van der Waals surface area (Å²) >= 11 is 0. The molecule has 3 heterocycles. The predicted molar refractivity (Wildman–Crippen MR) is 105 cm³/mol. The van der Waals surface area contributed by atoms with E-state index in [9.17, 15) is 24.3 Å². The number of nitrogens with one attached hydrogen (secondary N) is 2. The van der Waals surface area contributed by atoms with Gasteiger partial charge in [0.2, 0.25) is 17.7 Å². The number of fused-ring (bicyclic) bond motifs is 1. The maximum Gasteiger partial charge on any atom is 0.255 e. The monoisotopic (exact) mass is 412 g/mol. The summed E-state index contributed by atoms with van der Waals surface area (Å²) in [5.74, 6) is -0.772. The maximum absolute atomic E-state index is 12.8. The molecule has 0 bridgehead atoms. The molecule has 9 heteroatoms. The van der Waals surface area contributed by atoms with Crippen LogP contribution in [0.5, 0.6) is 0 Å². The van der Waals surface area contributed by atoms with Gasteiger partial charge in [-0.25, -0.2) is 0 Å². The van der Waals surface area contributed by atoms with Gasteiger partial charge < -0.3 is 20.2 Å². The first-order valence-electron chi connectivity index (χ1n) is 10.4. The van der Waals surface area contributed by atoms with Gasteiger partial charge in [-0.3, -0.25) is 24.5 Å². The summed E-state index contributed by atoms with van der Waals surface area (Å²) in [4.78, 5) is 52.1. The summed E-state index contributed by atoms with van der Waals surface area (Å²) in [7, 11) is 0. The number of hydrogen-bond donors (Lipinski definition) is 3. The second-order valence-electron chi connectivity index (χ2n) is 8.71. The Bertz CT molecular complexity index is 951. The van der Waals surface area contributed by atoms with E-state index in [2.05, 4.69) is 10.6 Å². The lowest BCUT2D eigenvalue weighted by Crippen LogP contribution is -2.65. The fraction of sp³-hybridized carbons (Fsp3) is 0.524. The molecule has 3 fully saturated rings. The molecular weight excluding hydrogens is 388 g/mol. The van der Waals surface area contributed by atoms with Crippen LogP contribution in [0.3, 0.4) is 0 Å². The number of rotatable bonds is 5. The molecule has 0 spiro atoms. The average molecular weight is 412 g/mol. The molecular formula is C21H24N4O5. The highest BCUT2D eigenvalue weighted by atomic mass is 16.3. The lowest BCUT2D eigenvalue weighted by atomic mass is 9.89. The molecule has 9 nitrogen and oxygen atoms in total. The first-order chi connectivity index (χ1) is 14.4. The minimum atomic E-state index is -0.710. The summed E-state index contributed by atoms with van der Waals surface area (Å²) in [6.07, 6.45) is 2.58. The number of carbonyl (C=O) groups excluding carboxylic acids is 4. The van der Waals surface area contributed by atoms with E-state index in [1.807, 2.05) is 6.07 Å². The lowest BCUT2D eigenvalue weighted by molar-refractivity contribution is -0.157. The van der Waals surface area contributed by atoms with Gasteiger partial charge in [0, 0.05) is 29.8 Å². The molecule has 1 aromatic carbocycles. The summed E-state index contributed by atoms with van der Waals surface area (Å²) in [5, 5.41) is 15.8. The third kappa shape index (κ3) is 3.13. The molecule has 1 saturated carbocycles. The summed E-state index contributed by atoms with van der Waals surface area (Å²) < 4.78 is 0. The Kier molecular flexibility index (Phi) is 4.32. The normalized spacial score (nSPS) is 25.0.